The minimum absolute atomic E-state index is 0.769. The summed E-state index contributed by atoms with van der Waals surface area (Å²) in [5.74, 6) is 1.07. The third-order valence-electron chi connectivity index (χ3n) is 3.83. The molecular weight excluding hydrogens is 292 g/mol. The average molecular weight is 314 g/mol. The summed E-state index contributed by atoms with van der Waals surface area (Å²) in [6.07, 6.45) is 7.89. The molecule has 0 saturated carbocycles. The second-order valence-corrected chi connectivity index (χ2v) is 6.64. The van der Waals surface area contributed by atoms with Crippen LogP contribution >= 0.6 is 11.8 Å². The van der Waals surface area contributed by atoms with Gasteiger partial charge in [-0.2, -0.15) is 0 Å². The number of hydrogen-bond donors (Lipinski definition) is 1. The van der Waals surface area contributed by atoms with Gasteiger partial charge in [0.15, 0.2) is 5.65 Å². The molecule has 116 valence electrons. The van der Waals surface area contributed by atoms with E-state index in [-0.39, 0.29) is 0 Å². The van der Waals surface area contributed by atoms with Crippen molar-refractivity contribution < 1.29 is 0 Å². The van der Waals surface area contributed by atoms with E-state index in [1.54, 1.807) is 11.8 Å². The van der Waals surface area contributed by atoms with E-state index >= 15 is 0 Å². The number of rotatable bonds is 8. The van der Waals surface area contributed by atoms with Crippen molar-refractivity contribution in [1.29, 1.82) is 0 Å². The van der Waals surface area contributed by atoms with E-state index in [0.717, 1.165) is 33.0 Å². The van der Waals surface area contributed by atoms with Crippen LogP contribution in [0.3, 0.4) is 0 Å². The van der Waals surface area contributed by atoms with Gasteiger partial charge < -0.3 is 4.98 Å². The molecule has 2 heterocycles. The smallest absolute Gasteiger partial charge is 0.209 e. The Morgan fingerprint density at radius 3 is 2.73 bits per heavy atom. The molecule has 0 bridgehead atoms. The largest absolute Gasteiger partial charge is 0.336 e. The lowest BCUT2D eigenvalue weighted by Gasteiger charge is -2.00. The second kappa shape index (κ2) is 7.58. The highest BCUT2D eigenvalue weighted by Gasteiger charge is 2.08. The lowest BCUT2D eigenvalue weighted by molar-refractivity contribution is 0.626. The van der Waals surface area contributed by atoms with Crippen molar-refractivity contribution in [1.82, 2.24) is 20.2 Å². The number of thioether (sulfide) groups is 1. The molecule has 0 aliphatic heterocycles. The number of aromatic nitrogens is 4. The number of para-hydroxylation sites is 1. The molecule has 2 aromatic heterocycles. The molecule has 0 amide bonds. The van der Waals surface area contributed by atoms with E-state index in [9.17, 15) is 0 Å². The van der Waals surface area contributed by atoms with Crippen LogP contribution in [0.2, 0.25) is 0 Å². The molecule has 1 N–H and O–H groups in total. The molecular formula is C17H22N4S. The Hall–Kier alpha value is -1.62. The molecule has 0 aliphatic rings. The molecule has 0 fully saturated rings. The number of hydrogen-bond acceptors (Lipinski definition) is 4. The number of unbranched alkanes of at least 4 members (excludes halogenated alkanes) is 5. The van der Waals surface area contributed by atoms with Gasteiger partial charge in [0.2, 0.25) is 5.16 Å². The number of fused-ring (bicyclic) bond motifs is 3. The third kappa shape index (κ3) is 3.58. The fourth-order valence-electron chi connectivity index (χ4n) is 2.62. The second-order valence-electron chi connectivity index (χ2n) is 5.58. The molecule has 1 aromatic carbocycles. The Labute approximate surface area is 135 Å². The van der Waals surface area contributed by atoms with E-state index in [2.05, 4.69) is 33.2 Å². The van der Waals surface area contributed by atoms with Gasteiger partial charge in [0, 0.05) is 16.7 Å². The summed E-state index contributed by atoms with van der Waals surface area (Å²) in [6, 6.07) is 8.16. The zero-order valence-electron chi connectivity index (χ0n) is 13.0. The SMILES string of the molecule is CCCCCCCCSc1nnc2[nH]c3ccccc3c2n1. The van der Waals surface area contributed by atoms with Crippen LogP contribution in [-0.2, 0) is 0 Å². The highest BCUT2D eigenvalue weighted by atomic mass is 32.2. The van der Waals surface area contributed by atoms with Crippen molar-refractivity contribution in [2.75, 3.05) is 5.75 Å². The van der Waals surface area contributed by atoms with Gasteiger partial charge in [-0.25, -0.2) is 4.98 Å². The van der Waals surface area contributed by atoms with E-state index in [1.807, 2.05) is 18.2 Å². The standard InChI is InChI=1S/C17H22N4S/c1-2-3-4-5-6-9-12-22-17-19-15-13-10-7-8-11-14(13)18-16(15)20-21-17/h7-8,10-11H,2-6,9,12H2,1H3,(H,18,20). The maximum Gasteiger partial charge on any atom is 0.209 e. The van der Waals surface area contributed by atoms with Gasteiger partial charge in [-0.05, 0) is 12.5 Å². The number of aromatic amines is 1. The van der Waals surface area contributed by atoms with Crippen LogP contribution in [0.25, 0.3) is 22.1 Å². The maximum atomic E-state index is 4.67. The van der Waals surface area contributed by atoms with Gasteiger partial charge in [0.25, 0.3) is 0 Å². The van der Waals surface area contributed by atoms with E-state index in [0.29, 0.717) is 0 Å². The first kappa shape index (κ1) is 15.3. The first-order valence-corrected chi connectivity index (χ1v) is 9.11. The molecule has 4 nitrogen and oxygen atoms in total. The highest BCUT2D eigenvalue weighted by molar-refractivity contribution is 7.99. The Morgan fingerprint density at radius 1 is 1.00 bits per heavy atom. The van der Waals surface area contributed by atoms with Crippen molar-refractivity contribution in [3.8, 4) is 0 Å². The Balaban J connectivity index is 1.59. The van der Waals surface area contributed by atoms with Gasteiger partial charge >= 0.3 is 0 Å². The minimum atomic E-state index is 0.769. The van der Waals surface area contributed by atoms with Gasteiger partial charge in [-0.1, -0.05) is 69.0 Å². The van der Waals surface area contributed by atoms with Crippen LogP contribution < -0.4 is 0 Å². The zero-order chi connectivity index (χ0) is 15.2. The lowest BCUT2D eigenvalue weighted by Crippen LogP contribution is -1.92. The van der Waals surface area contributed by atoms with Crippen LogP contribution in [-0.4, -0.2) is 25.9 Å². The predicted molar refractivity (Wildman–Crippen MR) is 93.3 cm³/mol. The van der Waals surface area contributed by atoms with Crippen molar-refractivity contribution in [2.45, 2.75) is 50.6 Å². The van der Waals surface area contributed by atoms with Crippen LogP contribution in [0.5, 0.6) is 0 Å². The third-order valence-corrected chi connectivity index (χ3v) is 4.76. The number of nitrogens with zero attached hydrogens (tertiary/aromatic N) is 3. The van der Waals surface area contributed by atoms with Gasteiger partial charge in [-0.15, -0.1) is 10.2 Å². The van der Waals surface area contributed by atoms with Gasteiger partial charge in [0.05, 0.1) is 0 Å². The Morgan fingerprint density at radius 2 is 1.82 bits per heavy atom. The highest BCUT2D eigenvalue weighted by Crippen LogP contribution is 2.24. The topological polar surface area (TPSA) is 54.5 Å². The molecule has 22 heavy (non-hydrogen) atoms. The summed E-state index contributed by atoms with van der Waals surface area (Å²) in [7, 11) is 0. The van der Waals surface area contributed by atoms with E-state index < -0.39 is 0 Å². The molecule has 5 heteroatoms. The molecule has 0 spiro atoms. The molecule has 0 radical (unpaired) electrons. The number of benzene rings is 1. The predicted octanol–water partition coefficient (Wildman–Crippen LogP) is 4.96. The van der Waals surface area contributed by atoms with Crippen molar-refractivity contribution in [2.24, 2.45) is 0 Å². The van der Waals surface area contributed by atoms with E-state index in [4.69, 9.17) is 0 Å². The maximum absolute atomic E-state index is 4.67. The summed E-state index contributed by atoms with van der Waals surface area (Å²) in [6.45, 7) is 2.25. The molecule has 0 aliphatic carbocycles. The molecule has 3 rings (SSSR count). The zero-order valence-corrected chi connectivity index (χ0v) is 13.8. The molecule has 0 atom stereocenters. The van der Waals surface area contributed by atoms with Crippen LogP contribution in [0.1, 0.15) is 45.4 Å². The van der Waals surface area contributed by atoms with Crippen molar-refractivity contribution in [3.63, 3.8) is 0 Å². The fourth-order valence-corrected chi connectivity index (χ4v) is 3.40. The Kier molecular flexibility index (Phi) is 5.27. The first-order chi connectivity index (χ1) is 10.9. The molecule has 3 aromatic rings. The minimum Gasteiger partial charge on any atom is -0.336 e. The van der Waals surface area contributed by atoms with Crippen LogP contribution in [0.4, 0.5) is 0 Å². The summed E-state index contributed by atoms with van der Waals surface area (Å²) < 4.78 is 0. The summed E-state index contributed by atoms with van der Waals surface area (Å²) >= 11 is 1.71. The average Bonchev–Trinajstić information content (AvgIpc) is 2.92. The van der Waals surface area contributed by atoms with Crippen molar-refractivity contribution >= 4 is 33.8 Å². The Bertz CT molecular complexity index is 738. The quantitative estimate of drug-likeness (QED) is 0.471. The lowest BCUT2D eigenvalue weighted by atomic mass is 10.1. The van der Waals surface area contributed by atoms with Crippen LogP contribution in [0.15, 0.2) is 29.4 Å². The normalized spacial score (nSPS) is 11.5. The fraction of sp³-hybridized carbons (Fsp3) is 0.471. The van der Waals surface area contributed by atoms with Crippen LogP contribution in [0, 0.1) is 0 Å². The molecule has 0 unspecified atom stereocenters. The van der Waals surface area contributed by atoms with Gasteiger partial charge in [-0.3, -0.25) is 0 Å². The summed E-state index contributed by atoms with van der Waals surface area (Å²) in [4.78, 5) is 7.92. The first-order valence-electron chi connectivity index (χ1n) is 8.12. The monoisotopic (exact) mass is 314 g/mol. The van der Waals surface area contributed by atoms with Gasteiger partial charge in [0.1, 0.15) is 5.52 Å². The number of nitrogens with one attached hydrogen (secondary N) is 1. The van der Waals surface area contributed by atoms with E-state index in [1.165, 1.54) is 38.5 Å². The molecule has 0 saturated heterocycles. The summed E-state index contributed by atoms with van der Waals surface area (Å²) in [5.41, 5.74) is 2.76. The van der Waals surface area contributed by atoms with Crippen molar-refractivity contribution in [3.05, 3.63) is 24.3 Å². The number of H-pyrrole nitrogens is 1. The summed E-state index contributed by atoms with van der Waals surface area (Å²) in [5, 5.41) is 10.4.